The third-order valence-electron chi connectivity index (χ3n) is 4.05. The minimum Gasteiger partial charge on any atom is -0.465 e. The van der Waals surface area contributed by atoms with E-state index in [9.17, 15) is 0 Å². The van der Waals surface area contributed by atoms with Crippen LogP contribution >= 0.6 is 0 Å². The lowest BCUT2D eigenvalue weighted by atomic mass is 10.2. The van der Waals surface area contributed by atoms with E-state index in [4.69, 9.17) is 4.42 Å². The van der Waals surface area contributed by atoms with Gasteiger partial charge < -0.3 is 9.73 Å². The van der Waals surface area contributed by atoms with Crippen LogP contribution in [0.15, 0.2) is 10.5 Å². The van der Waals surface area contributed by atoms with Gasteiger partial charge in [-0.05, 0) is 51.6 Å². The molecule has 0 radical (unpaired) electrons. The van der Waals surface area contributed by atoms with Crippen LogP contribution in [0.4, 0.5) is 0 Å². The molecular formula is C15H24N2O. The van der Waals surface area contributed by atoms with E-state index < -0.39 is 0 Å². The van der Waals surface area contributed by atoms with Gasteiger partial charge in [-0.1, -0.05) is 0 Å². The highest BCUT2D eigenvalue weighted by Gasteiger charge is 2.34. The van der Waals surface area contributed by atoms with E-state index in [1.807, 2.05) is 7.05 Å². The van der Waals surface area contributed by atoms with Crippen molar-refractivity contribution in [2.24, 2.45) is 5.92 Å². The van der Waals surface area contributed by atoms with E-state index in [2.05, 4.69) is 23.2 Å². The van der Waals surface area contributed by atoms with Crippen molar-refractivity contribution in [1.29, 1.82) is 0 Å². The first-order chi connectivity index (χ1) is 8.76. The van der Waals surface area contributed by atoms with Crippen LogP contribution in [0.2, 0.25) is 0 Å². The van der Waals surface area contributed by atoms with E-state index in [-0.39, 0.29) is 0 Å². The van der Waals surface area contributed by atoms with Crippen LogP contribution in [0.25, 0.3) is 0 Å². The van der Waals surface area contributed by atoms with Gasteiger partial charge in [-0.2, -0.15) is 0 Å². The third kappa shape index (κ3) is 2.96. The van der Waals surface area contributed by atoms with Gasteiger partial charge in [0.05, 0.1) is 6.54 Å². The molecule has 0 atom stereocenters. The van der Waals surface area contributed by atoms with Crippen molar-refractivity contribution in [2.45, 2.75) is 51.7 Å². The highest BCUT2D eigenvalue weighted by molar-refractivity contribution is 5.20. The summed E-state index contributed by atoms with van der Waals surface area (Å²) >= 11 is 0. The Morgan fingerprint density at radius 2 is 2.11 bits per heavy atom. The fourth-order valence-electron chi connectivity index (χ4n) is 2.65. The van der Waals surface area contributed by atoms with Crippen molar-refractivity contribution in [2.75, 3.05) is 13.6 Å². The molecule has 3 heteroatoms. The third-order valence-corrected chi connectivity index (χ3v) is 4.05. The van der Waals surface area contributed by atoms with Crippen LogP contribution < -0.4 is 5.32 Å². The van der Waals surface area contributed by atoms with Gasteiger partial charge in [0.15, 0.2) is 0 Å². The minimum absolute atomic E-state index is 0.837. The molecule has 3 rings (SSSR count). The number of nitrogens with one attached hydrogen (secondary N) is 1. The lowest BCUT2D eigenvalue weighted by Gasteiger charge is -2.20. The average Bonchev–Trinajstić information content (AvgIpc) is 3.22. The first-order valence-electron chi connectivity index (χ1n) is 7.23. The van der Waals surface area contributed by atoms with E-state index in [0.29, 0.717) is 0 Å². The van der Waals surface area contributed by atoms with Crippen molar-refractivity contribution < 1.29 is 4.42 Å². The zero-order chi connectivity index (χ0) is 12.5. The molecular weight excluding hydrogens is 224 g/mol. The maximum Gasteiger partial charge on any atom is 0.118 e. The largest absolute Gasteiger partial charge is 0.465 e. The van der Waals surface area contributed by atoms with Crippen molar-refractivity contribution in [3.05, 3.63) is 23.2 Å². The SMILES string of the molecule is CNCc1cc(CN(CC2CC2)C2CC2)oc1C. The summed E-state index contributed by atoms with van der Waals surface area (Å²) < 4.78 is 5.90. The number of rotatable bonds is 7. The molecule has 0 spiro atoms. The molecule has 0 unspecified atom stereocenters. The molecule has 1 N–H and O–H groups in total. The molecule has 1 aromatic heterocycles. The Morgan fingerprint density at radius 1 is 1.33 bits per heavy atom. The Bertz CT molecular complexity index is 405. The maximum absolute atomic E-state index is 5.90. The van der Waals surface area contributed by atoms with Gasteiger partial charge in [0.1, 0.15) is 11.5 Å². The van der Waals surface area contributed by atoms with Crippen molar-refractivity contribution in [3.8, 4) is 0 Å². The number of hydrogen-bond acceptors (Lipinski definition) is 3. The van der Waals surface area contributed by atoms with E-state index in [0.717, 1.165) is 36.6 Å². The van der Waals surface area contributed by atoms with Crippen LogP contribution in [0.5, 0.6) is 0 Å². The highest BCUT2D eigenvalue weighted by atomic mass is 16.3. The summed E-state index contributed by atoms with van der Waals surface area (Å²) in [4.78, 5) is 2.64. The molecule has 2 aliphatic rings. The molecule has 2 aliphatic carbocycles. The zero-order valence-corrected chi connectivity index (χ0v) is 11.5. The molecule has 2 fully saturated rings. The molecule has 0 bridgehead atoms. The van der Waals surface area contributed by atoms with Crippen LogP contribution in [0.3, 0.4) is 0 Å². The molecule has 0 amide bonds. The van der Waals surface area contributed by atoms with E-state index >= 15 is 0 Å². The summed E-state index contributed by atoms with van der Waals surface area (Å²) in [5.74, 6) is 3.19. The normalized spacial score (nSPS) is 19.7. The Labute approximate surface area is 110 Å². The molecule has 3 nitrogen and oxygen atoms in total. The molecule has 1 heterocycles. The van der Waals surface area contributed by atoms with E-state index in [1.54, 1.807) is 0 Å². The first kappa shape index (κ1) is 12.2. The van der Waals surface area contributed by atoms with Gasteiger partial charge in [-0.3, -0.25) is 4.90 Å². The molecule has 1 aromatic rings. The first-order valence-corrected chi connectivity index (χ1v) is 7.23. The van der Waals surface area contributed by atoms with Crippen molar-refractivity contribution in [3.63, 3.8) is 0 Å². The van der Waals surface area contributed by atoms with Gasteiger partial charge >= 0.3 is 0 Å². The van der Waals surface area contributed by atoms with Gasteiger partial charge in [-0.25, -0.2) is 0 Å². The summed E-state index contributed by atoms with van der Waals surface area (Å²) in [5, 5.41) is 3.20. The summed E-state index contributed by atoms with van der Waals surface area (Å²) in [6, 6.07) is 3.07. The van der Waals surface area contributed by atoms with Gasteiger partial charge in [0.2, 0.25) is 0 Å². The summed E-state index contributed by atoms with van der Waals surface area (Å²) in [6.45, 7) is 5.26. The number of furan rings is 1. The van der Waals surface area contributed by atoms with Gasteiger partial charge in [0, 0.05) is 24.7 Å². The smallest absolute Gasteiger partial charge is 0.118 e. The quantitative estimate of drug-likeness (QED) is 0.804. The Kier molecular flexibility index (Phi) is 3.44. The molecule has 0 aliphatic heterocycles. The van der Waals surface area contributed by atoms with Crippen LogP contribution in [0, 0.1) is 12.8 Å². The Balaban J connectivity index is 1.63. The topological polar surface area (TPSA) is 28.4 Å². The number of hydrogen-bond donors (Lipinski definition) is 1. The Hall–Kier alpha value is -0.800. The lowest BCUT2D eigenvalue weighted by molar-refractivity contribution is 0.223. The standard InChI is InChI=1S/C15H24N2O/c1-11-13(8-16-2)7-15(18-11)10-17(14-5-6-14)9-12-3-4-12/h7,12,14,16H,3-6,8-10H2,1-2H3. The summed E-state index contributed by atoms with van der Waals surface area (Å²) in [5.41, 5.74) is 1.30. The maximum atomic E-state index is 5.90. The van der Waals surface area contributed by atoms with Crippen molar-refractivity contribution >= 4 is 0 Å². The van der Waals surface area contributed by atoms with E-state index in [1.165, 1.54) is 37.8 Å². The predicted octanol–water partition coefficient (Wildman–Crippen LogP) is 2.68. The van der Waals surface area contributed by atoms with Crippen LogP contribution in [-0.2, 0) is 13.1 Å². The minimum atomic E-state index is 0.837. The fourth-order valence-corrected chi connectivity index (χ4v) is 2.65. The summed E-state index contributed by atoms with van der Waals surface area (Å²) in [7, 11) is 1.98. The second-order valence-corrected chi connectivity index (χ2v) is 5.93. The van der Waals surface area contributed by atoms with Crippen molar-refractivity contribution in [1.82, 2.24) is 10.2 Å². The highest BCUT2D eigenvalue weighted by Crippen LogP contribution is 2.35. The number of aryl methyl sites for hydroxylation is 1. The van der Waals surface area contributed by atoms with Gasteiger partial charge in [-0.15, -0.1) is 0 Å². The molecule has 2 saturated carbocycles. The Morgan fingerprint density at radius 3 is 2.72 bits per heavy atom. The molecule has 0 saturated heterocycles. The fraction of sp³-hybridized carbons (Fsp3) is 0.733. The molecule has 100 valence electrons. The lowest BCUT2D eigenvalue weighted by Crippen LogP contribution is -2.27. The van der Waals surface area contributed by atoms with Gasteiger partial charge in [0.25, 0.3) is 0 Å². The summed E-state index contributed by atoms with van der Waals surface area (Å²) in [6.07, 6.45) is 5.64. The predicted molar refractivity (Wildman–Crippen MR) is 72.4 cm³/mol. The molecule has 0 aromatic carbocycles. The average molecular weight is 248 g/mol. The second-order valence-electron chi connectivity index (χ2n) is 5.93. The monoisotopic (exact) mass is 248 g/mol. The van der Waals surface area contributed by atoms with Crippen LogP contribution in [-0.4, -0.2) is 24.5 Å². The number of nitrogens with zero attached hydrogens (tertiary/aromatic N) is 1. The molecule has 18 heavy (non-hydrogen) atoms. The van der Waals surface area contributed by atoms with Crippen LogP contribution in [0.1, 0.15) is 42.8 Å². The second kappa shape index (κ2) is 5.06. The zero-order valence-electron chi connectivity index (χ0n) is 11.5.